The molecule has 0 unspecified atom stereocenters. The lowest BCUT2D eigenvalue weighted by molar-refractivity contribution is 0.0696. The van der Waals surface area contributed by atoms with E-state index in [0.29, 0.717) is 12.2 Å². The van der Waals surface area contributed by atoms with Gasteiger partial charge >= 0.3 is 5.97 Å². The summed E-state index contributed by atoms with van der Waals surface area (Å²) < 4.78 is 29.1. The van der Waals surface area contributed by atoms with Crippen molar-refractivity contribution in [1.29, 1.82) is 0 Å². The molecule has 0 spiro atoms. The Kier molecular flexibility index (Phi) is 6.05. The Bertz CT molecular complexity index is 553. The number of hydrogen-bond acceptors (Lipinski definition) is 4. The van der Waals surface area contributed by atoms with Crippen LogP contribution in [0.1, 0.15) is 23.7 Å². The Balaban J connectivity index is 2.68. The molecule has 0 amide bonds. The molecule has 0 atom stereocenters. The van der Waals surface area contributed by atoms with E-state index in [1.54, 1.807) is 13.0 Å². The second-order valence-corrected chi connectivity index (χ2v) is 7.42. The minimum absolute atomic E-state index is 0.0292. The van der Waals surface area contributed by atoms with E-state index in [0.717, 1.165) is 3.57 Å². The van der Waals surface area contributed by atoms with Crippen LogP contribution < -0.4 is 4.74 Å². The molecule has 1 N–H and O–H groups in total. The van der Waals surface area contributed by atoms with Gasteiger partial charge in [0.1, 0.15) is 12.4 Å². The lowest BCUT2D eigenvalue weighted by atomic mass is 10.2. The summed E-state index contributed by atoms with van der Waals surface area (Å²) in [7, 11) is -3.08. The number of carbonyl (C=O) groups is 1. The smallest absolute Gasteiger partial charge is 0.335 e. The van der Waals surface area contributed by atoms with Crippen molar-refractivity contribution in [3.05, 3.63) is 27.3 Å². The topological polar surface area (TPSA) is 80.7 Å². The molecule has 0 radical (unpaired) electrons. The van der Waals surface area contributed by atoms with E-state index in [2.05, 4.69) is 0 Å². The van der Waals surface area contributed by atoms with Gasteiger partial charge in [-0.05, 0) is 47.2 Å². The zero-order valence-electron chi connectivity index (χ0n) is 10.4. The highest BCUT2D eigenvalue weighted by molar-refractivity contribution is 14.1. The Morgan fingerprint density at radius 2 is 2.05 bits per heavy atom. The van der Waals surface area contributed by atoms with Crippen LogP contribution in [-0.2, 0) is 9.84 Å². The lowest BCUT2D eigenvalue weighted by Crippen LogP contribution is -2.17. The molecule has 1 rings (SSSR count). The number of benzene rings is 1. The van der Waals surface area contributed by atoms with E-state index in [-0.39, 0.29) is 23.7 Å². The van der Waals surface area contributed by atoms with Gasteiger partial charge in [0.05, 0.1) is 20.6 Å². The second kappa shape index (κ2) is 7.09. The van der Waals surface area contributed by atoms with Crippen LogP contribution in [0, 0.1) is 3.57 Å². The number of carboxylic acids is 1. The maximum absolute atomic E-state index is 11.5. The summed E-state index contributed by atoms with van der Waals surface area (Å²) in [4.78, 5) is 10.8. The first kappa shape index (κ1) is 16.2. The number of carboxylic acid groups (broad SMARTS) is 1. The van der Waals surface area contributed by atoms with E-state index in [9.17, 15) is 13.2 Å². The average Bonchev–Trinajstić information content (AvgIpc) is 2.30. The summed E-state index contributed by atoms with van der Waals surface area (Å²) in [6.07, 6.45) is 0.578. The van der Waals surface area contributed by atoms with E-state index < -0.39 is 15.8 Å². The molecular weight excluding hydrogens is 383 g/mol. The zero-order chi connectivity index (χ0) is 14.5. The molecule has 0 fully saturated rings. The first-order valence-corrected chi connectivity index (χ1v) is 8.62. The molecule has 0 aliphatic rings. The molecule has 1 aromatic rings. The highest BCUT2D eigenvalue weighted by atomic mass is 127. The number of sulfone groups is 1. The van der Waals surface area contributed by atoms with E-state index in [1.807, 2.05) is 22.6 Å². The molecule has 0 aromatic heterocycles. The van der Waals surface area contributed by atoms with Crippen molar-refractivity contribution in [3.8, 4) is 5.75 Å². The van der Waals surface area contributed by atoms with Crippen LogP contribution in [0.4, 0.5) is 0 Å². The van der Waals surface area contributed by atoms with Crippen LogP contribution in [0.25, 0.3) is 0 Å². The molecule has 0 heterocycles. The molecule has 0 bridgehead atoms. The predicted molar refractivity (Wildman–Crippen MR) is 80.6 cm³/mol. The number of rotatable bonds is 7. The van der Waals surface area contributed by atoms with Crippen molar-refractivity contribution in [3.63, 3.8) is 0 Å². The normalized spacial score (nSPS) is 11.3. The first-order valence-electron chi connectivity index (χ1n) is 5.72. The second-order valence-electron chi connectivity index (χ2n) is 3.95. The fraction of sp³-hybridized carbons (Fsp3) is 0.417. The van der Waals surface area contributed by atoms with Crippen LogP contribution in [0.15, 0.2) is 18.2 Å². The standard InChI is InChI=1S/C12H15IO5S/c1-2-6-19(16,17)7-5-18-11-8-9(12(14)15)3-4-10(11)13/h3-4,8H,2,5-7H2,1H3,(H,14,15). The fourth-order valence-electron chi connectivity index (χ4n) is 1.44. The minimum Gasteiger partial charge on any atom is -0.491 e. The summed E-state index contributed by atoms with van der Waals surface area (Å²) in [5.74, 6) is -0.566. The van der Waals surface area contributed by atoms with Gasteiger partial charge in [-0.25, -0.2) is 13.2 Å². The van der Waals surface area contributed by atoms with Crippen molar-refractivity contribution in [2.75, 3.05) is 18.1 Å². The van der Waals surface area contributed by atoms with Crippen molar-refractivity contribution in [1.82, 2.24) is 0 Å². The third kappa shape index (κ3) is 5.35. The van der Waals surface area contributed by atoms with E-state index in [1.165, 1.54) is 12.1 Å². The molecule has 0 aliphatic carbocycles. The van der Waals surface area contributed by atoms with Gasteiger partial charge in [0.15, 0.2) is 9.84 Å². The SMILES string of the molecule is CCCS(=O)(=O)CCOc1cc(C(=O)O)ccc1I. The first-order chi connectivity index (χ1) is 8.85. The maximum Gasteiger partial charge on any atom is 0.335 e. The molecule has 19 heavy (non-hydrogen) atoms. The fourth-order valence-corrected chi connectivity index (χ4v) is 3.09. The van der Waals surface area contributed by atoms with Gasteiger partial charge in [0.25, 0.3) is 0 Å². The number of ether oxygens (including phenoxy) is 1. The maximum atomic E-state index is 11.5. The molecule has 0 saturated carbocycles. The van der Waals surface area contributed by atoms with Gasteiger partial charge in [-0.1, -0.05) is 6.92 Å². The molecule has 5 nitrogen and oxygen atoms in total. The van der Waals surface area contributed by atoms with Gasteiger partial charge in [-0.3, -0.25) is 0 Å². The summed E-state index contributed by atoms with van der Waals surface area (Å²) >= 11 is 2.01. The van der Waals surface area contributed by atoms with Crippen molar-refractivity contribution < 1.29 is 23.1 Å². The monoisotopic (exact) mass is 398 g/mol. The number of halogens is 1. The van der Waals surface area contributed by atoms with Crippen LogP contribution in [0.2, 0.25) is 0 Å². The van der Waals surface area contributed by atoms with E-state index >= 15 is 0 Å². The van der Waals surface area contributed by atoms with Crippen LogP contribution in [0.3, 0.4) is 0 Å². The summed E-state index contributed by atoms with van der Waals surface area (Å²) in [5.41, 5.74) is 0.117. The highest BCUT2D eigenvalue weighted by Crippen LogP contribution is 2.22. The summed E-state index contributed by atoms with van der Waals surface area (Å²) in [6.45, 7) is 1.83. The summed E-state index contributed by atoms with van der Waals surface area (Å²) in [5, 5.41) is 8.87. The highest BCUT2D eigenvalue weighted by Gasteiger charge is 2.11. The molecule has 106 valence electrons. The van der Waals surface area contributed by atoms with Gasteiger partial charge in [0, 0.05) is 0 Å². The Morgan fingerprint density at radius 1 is 1.37 bits per heavy atom. The van der Waals surface area contributed by atoms with Crippen LogP contribution in [0.5, 0.6) is 5.75 Å². The molecule has 0 saturated heterocycles. The predicted octanol–water partition coefficient (Wildman–Crippen LogP) is 2.19. The number of hydrogen-bond donors (Lipinski definition) is 1. The van der Waals surface area contributed by atoms with Gasteiger partial charge in [0.2, 0.25) is 0 Å². The van der Waals surface area contributed by atoms with E-state index in [4.69, 9.17) is 9.84 Å². The molecular formula is C12H15IO5S. The largest absolute Gasteiger partial charge is 0.491 e. The van der Waals surface area contributed by atoms with Crippen LogP contribution in [-0.4, -0.2) is 37.6 Å². The van der Waals surface area contributed by atoms with Crippen molar-refractivity contribution in [2.45, 2.75) is 13.3 Å². The van der Waals surface area contributed by atoms with Gasteiger partial charge < -0.3 is 9.84 Å². The molecule has 0 aliphatic heterocycles. The number of aromatic carboxylic acids is 1. The average molecular weight is 398 g/mol. The third-order valence-corrected chi connectivity index (χ3v) is 5.06. The zero-order valence-corrected chi connectivity index (χ0v) is 13.4. The summed E-state index contributed by atoms with van der Waals surface area (Å²) in [6, 6.07) is 4.50. The quantitative estimate of drug-likeness (QED) is 0.713. The van der Waals surface area contributed by atoms with Crippen molar-refractivity contribution >= 4 is 38.4 Å². The Hall–Kier alpha value is -0.830. The minimum atomic E-state index is -3.08. The molecule has 1 aromatic carbocycles. The van der Waals surface area contributed by atoms with Gasteiger partial charge in [-0.2, -0.15) is 0 Å². The van der Waals surface area contributed by atoms with Crippen LogP contribution >= 0.6 is 22.6 Å². The Morgan fingerprint density at radius 3 is 2.63 bits per heavy atom. The van der Waals surface area contributed by atoms with Gasteiger partial charge in [-0.15, -0.1) is 0 Å². The Labute approximate surface area is 126 Å². The third-order valence-electron chi connectivity index (χ3n) is 2.35. The molecule has 7 heteroatoms. The lowest BCUT2D eigenvalue weighted by Gasteiger charge is -2.09. The van der Waals surface area contributed by atoms with Crippen molar-refractivity contribution in [2.24, 2.45) is 0 Å².